The Morgan fingerprint density at radius 1 is 1.05 bits per heavy atom. The van der Waals surface area contributed by atoms with Gasteiger partial charge in [-0.25, -0.2) is 4.92 Å². The number of rotatable bonds is 1. The molecule has 0 saturated carbocycles. The Morgan fingerprint density at radius 3 is 2.23 bits per heavy atom. The minimum atomic E-state index is 0.125. The number of nitrogens with zero attached hydrogens (tertiary/aromatic N) is 3. The van der Waals surface area contributed by atoms with Gasteiger partial charge in [0.2, 0.25) is 0 Å². The van der Waals surface area contributed by atoms with Crippen LogP contribution in [0, 0.1) is 5.41 Å². The number of benzene rings is 1. The number of fused-ring (bicyclic) bond motifs is 1. The van der Waals surface area contributed by atoms with E-state index < -0.39 is 0 Å². The van der Waals surface area contributed by atoms with E-state index in [1.807, 2.05) is 0 Å². The van der Waals surface area contributed by atoms with Gasteiger partial charge in [-0.3, -0.25) is 0 Å². The maximum atomic E-state index is 2.39. The lowest BCUT2D eigenvalue weighted by molar-refractivity contribution is -0.751. The van der Waals surface area contributed by atoms with Crippen LogP contribution < -0.4 is 20.0 Å². The van der Waals surface area contributed by atoms with Crippen molar-refractivity contribution in [3.63, 3.8) is 0 Å². The van der Waals surface area contributed by atoms with Gasteiger partial charge in [0, 0.05) is 11.3 Å². The summed E-state index contributed by atoms with van der Waals surface area (Å²) in [6.07, 6.45) is 4.20. The number of hydrogen-bond donors (Lipinski definition) is 0. The molecule has 2 heterocycles. The molecule has 1 aliphatic heterocycles. The fraction of sp³-hybridized carbons (Fsp3) is 0.389. The van der Waals surface area contributed by atoms with Crippen LogP contribution in [0.15, 0.2) is 42.7 Å². The monoisotopic (exact) mass is 294 g/mol. The van der Waals surface area contributed by atoms with E-state index in [-0.39, 0.29) is 5.41 Å². The molecule has 1 aromatic carbocycles. The molecule has 3 nitrogen and oxygen atoms in total. The third kappa shape index (κ3) is 2.18. The molecule has 0 radical (unpaired) electrons. The minimum Gasteiger partial charge on any atom is -0.218 e. The molecule has 2 aromatic rings. The van der Waals surface area contributed by atoms with E-state index in [4.69, 9.17) is 0 Å². The van der Waals surface area contributed by atoms with E-state index in [0.717, 1.165) is 0 Å². The Hall–Kier alpha value is -1.97. The summed E-state index contributed by atoms with van der Waals surface area (Å²) in [7, 11) is 2.08. The summed E-state index contributed by atoms with van der Waals surface area (Å²) in [5.41, 5.74) is 2.91. The quantitative estimate of drug-likeness (QED) is 0.573. The van der Waals surface area contributed by atoms with Gasteiger partial charge in [-0.05, 0) is 29.9 Å². The molecule has 0 N–H and O–H groups in total. The van der Waals surface area contributed by atoms with Crippen molar-refractivity contribution in [3.8, 4) is 0 Å². The molecule has 4 heteroatoms. The zero-order chi connectivity index (χ0) is 16.1. The molecule has 1 aromatic heterocycles. The zero-order valence-electron chi connectivity index (χ0n) is 14.5. The highest BCUT2D eigenvalue weighted by molar-refractivity contribution is 6.80. The fourth-order valence-electron chi connectivity index (χ4n) is 3.79. The first-order valence-corrected chi connectivity index (χ1v) is 7.96. The molecule has 0 aliphatic carbocycles. The highest BCUT2D eigenvalue weighted by Crippen LogP contribution is 2.30. The molecule has 0 spiro atoms. The van der Waals surface area contributed by atoms with Crippen LogP contribution in [0.1, 0.15) is 27.7 Å². The number of aryl methyl sites for hydroxylation is 1. The molecule has 0 fully saturated rings. The molecule has 114 valence electrons. The SMILES string of the molecule is CB1C(C(C)(C)C)=c2ccccc2=C(C)N1n1ccc[n+]1C. The maximum Gasteiger partial charge on any atom is 0.429 e. The van der Waals surface area contributed by atoms with Gasteiger partial charge in [0.15, 0.2) is 0 Å². The Bertz CT molecular complexity index is 827. The van der Waals surface area contributed by atoms with E-state index >= 15 is 0 Å². The second-order valence-electron chi connectivity index (χ2n) is 7.20. The summed E-state index contributed by atoms with van der Waals surface area (Å²) in [4.78, 5) is 4.59. The molecule has 1 aliphatic rings. The van der Waals surface area contributed by atoms with Gasteiger partial charge in [-0.1, -0.05) is 49.8 Å². The third-order valence-electron chi connectivity index (χ3n) is 4.61. The predicted molar refractivity (Wildman–Crippen MR) is 93.1 cm³/mol. The Labute approximate surface area is 133 Å². The van der Waals surface area contributed by atoms with Crippen molar-refractivity contribution in [1.29, 1.82) is 0 Å². The van der Waals surface area contributed by atoms with E-state index in [0.29, 0.717) is 6.85 Å². The lowest BCUT2D eigenvalue weighted by atomic mass is 9.48. The van der Waals surface area contributed by atoms with Gasteiger partial charge in [-0.2, -0.15) is 4.68 Å². The number of hydrogen-bond acceptors (Lipinski definition) is 1. The van der Waals surface area contributed by atoms with Crippen molar-refractivity contribution < 1.29 is 4.68 Å². The molecule has 0 bridgehead atoms. The second kappa shape index (κ2) is 5.04. The molecule has 0 unspecified atom stereocenters. The lowest BCUT2D eigenvalue weighted by Gasteiger charge is -2.34. The van der Waals surface area contributed by atoms with Crippen molar-refractivity contribution in [2.24, 2.45) is 12.5 Å². The van der Waals surface area contributed by atoms with E-state index in [9.17, 15) is 0 Å². The van der Waals surface area contributed by atoms with Crippen LogP contribution in [-0.4, -0.2) is 11.6 Å². The summed E-state index contributed by atoms with van der Waals surface area (Å²) in [6, 6.07) is 10.9. The van der Waals surface area contributed by atoms with Crippen molar-refractivity contribution in [2.45, 2.75) is 34.5 Å². The Balaban J connectivity index is 2.38. The first-order valence-electron chi connectivity index (χ1n) is 7.96. The zero-order valence-corrected chi connectivity index (χ0v) is 14.5. The van der Waals surface area contributed by atoms with Crippen LogP contribution in [0.25, 0.3) is 11.2 Å². The summed E-state index contributed by atoms with van der Waals surface area (Å²) in [5, 5.41) is 2.73. The van der Waals surface area contributed by atoms with Crippen molar-refractivity contribution in [1.82, 2.24) is 4.79 Å². The van der Waals surface area contributed by atoms with Crippen molar-refractivity contribution in [3.05, 3.63) is 53.2 Å². The first kappa shape index (κ1) is 15.0. The van der Waals surface area contributed by atoms with Gasteiger partial charge in [-0.15, -0.1) is 0 Å². The second-order valence-corrected chi connectivity index (χ2v) is 7.20. The van der Waals surface area contributed by atoms with Crippen molar-refractivity contribution >= 4 is 18.0 Å². The molecule has 0 saturated heterocycles. The maximum absolute atomic E-state index is 2.39. The molecular weight excluding hydrogens is 269 g/mol. The summed E-state index contributed by atoms with van der Waals surface area (Å²) < 4.78 is 2.12. The standard InChI is InChI=1S/C18H25BN3/c1-14-15-10-7-8-11-16(15)17(18(2,3)4)19(5)22(14)21-13-9-12-20(21)6/h7-13H,1-6H3/q+1. The molecular formula is C18H25BN3+. The first-order chi connectivity index (χ1) is 10.3. The topological polar surface area (TPSA) is 12.1 Å². The van der Waals surface area contributed by atoms with E-state index in [1.165, 1.54) is 21.6 Å². The van der Waals surface area contributed by atoms with Gasteiger partial charge in [0.25, 0.3) is 0 Å². The van der Waals surface area contributed by atoms with Crippen LogP contribution in [0.2, 0.25) is 6.82 Å². The highest BCUT2D eigenvalue weighted by Gasteiger charge is 2.41. The summed E-state index contributed by atoms with van der Waals surface area (Å²) in [6.45, 7) is 11.8. The van der Waals surface area contributed by atoms with E-state index in [1.54, 1.807) is 0 Å². The molecule has 0 amide bonds. The van der Waals surface area contributed by atoms with E-state index in [2.05, 4.69) is 98.7 Å². The Kier molecular flexibility index (Phi) is 3.43. The van der Waals surface area contributed by atoms with Crippen LogP contribution in [-0.2, 0) is 7.05 Å². The van der Waals surface area contributed by atoms with Crippen LogP contribution in [0.5, 0.6) is 0 Å². The van der Waals surface area contributed by atoms with Crippen molar-refractivity contribution in [2.75, 3.05) is 4.92 Å². The van der Waals surface area contributed by atoms with Gasteiger partial charge < -0.3 is 0 Å². The molecule has 0 atom stereocenters. The number of aromatic nitrogens is 2. The summed E-state index contributed by atoms with van der Waals surface area (Å²) in [5.74, 6) is 0. The lowest BCUT2D eigenvalue weighted by Crippen LogP contribution is -2.61. The van der Waals surface area contributed by atoms with Gasteiger partial charge in [0.1, 0.15) is 18.9 Å². The minimum absolute atomic E-state index is 0.125. The largest absolute Gasteiger partial charge is 0.429 e. The highest BCUT2D eigenvalue weighted by atomic mass is 15.7. The van der Waals surface area contributed by atoms with Crippen LogP contribution in [0.3, 0.4) is 0 Å². The smallest absolute Gasteiger partial charge is 0.218 e. The molecule has 3 rings (SSSR count). The average molecular weight is 294 g/mol. The predicted octanol–water partition coefficient (Wildman–Crippen LogP) is 1.45. The Morgan fingerprint density at radius 2 is 1.68 bits per heavy atom. The van der Waals surface area contributed by atoms with Gasteiger partial charge >= 0.3 is 6.85 Å². The van der Waals surface area contributed by atoms with Gasteiger partial charge in [0.05, 0.1) is 6.20 Å². The third-order valence-corrected chi connectivity index (χ3v) is 4.61. The summed E-state index contributed by atoms with van der Waals surface area (Å²) >= 11 is 0. The average Bonchev–Trinajstić information content (AvgIpc) is 2.84. The van der Waals surface area contributed by atoms with Crippen LogP contribution in [0.4, 0.5) is 0 Å². The fourth-order valence-corrected chi connectivity index (χ4v) is 3.79. The normalized spacial score (nSPS) is 15.4. The molecule has 22 heavy (non-hydrogen) atoms. The van der Waals surface area contributed by atoms with Crippen LogP contribution >= 0.6 is 0 Å².